The van der Waals surface area contributed by atoms with E-state index in [0.29, 0.717) is 12.1 Å². The van der Waals surface area contributed by atoms with Crippen molar-refractivity contribution >= 4 is 27.3 Å². The number of hydrogen-bond acceptors (Lipinski definition) is 3. The number of hydrogen-bond donors (Lipinski definition) is 2. The number of halogens is 1. The Kier molecular flexibility index (Phi) is 4.40. The molecule has 1 unspecified atom stereocenters. The van der Waals surface area contributed by atoms with Crippen molar-refractivity contribution in [3.8, 4) is 12.3 Å². The highest BCUT2D eigenvalue weighted by molar-refractivity contribution is 7.89. The molecule has 17 heavy (non-hydrogen) atoms. The quantitative estimate of drug-likeness (QED) is 0.646. The van der Waals surface area contributed by atoms with Crippen LogP contribution >= 0.6 is 11.6 Å². The lowest BCUT2D eigenvalue weighted by molar-refractivity contribution is 0.564. The van der Waals surface area contributed by atoms with Crippen molar-refractivity contribution in [3.05, 3.63) is 23.2 Å². The molecule has 92 valence electrons. The third kappa shape index (κ3) is 3.63. The Bertz CT molecular complexity index is 549. The van der Waals surface area contributed by atoms with Crippen molar-refractivity contribution in [2.45, 2.75) is 24.3 Å². The second-order valence-electron chi connectivity index (χ2n) is 3.62. The van der Waals surface area contributed by atoms with Crippen LogP contribution in [0.3, 0.4) is 0 Å². The van der Waals surface area contributed by atoms with E-state index < -0.39 is 10.0 Å². The highest BCUT2D eigenvalue weighted by Crippen LogP contribution is 2.23. The van der Waals surface area contributed by atoms with E-state index in [1.54, 1.807) is 6.92 Å². The van der Waals surface area contributed by atoms with Gasteiger partial charge in [0.1, 0.15) is 4.90 Å². The van der Waals surface area contributed by atoms with E-state index in [9.17, 15) is 8.42 Å². The minimum atomic E-state index is -3.66. The maximum Gasteiger partial charge on any atom is 0.242 e. The van der Waals surface area contributed by atoms with E-state index in [2.05, 4.69) is 10.6 Å². The average Bonchev–Trinajstić information content (AvgIpc) is 2.15. The molecule has 0 fully saturated rings. The molecule has 0 bridgehead atoms. The molecule has 0 saturated heterocycles. The molecule has 4 nitrogen and oxygen atoms in total. The largest absolute Gasteiger partial charge is 0.399 e. The van der Waals surface area contributed by atoms with Crippen LogP contribution in [-0.4, -0.2) is 14.5 Å². The average molecular weight is 273 g/mol. The summed E-state index contributed by atoms with van der Waals surface area (Å²) in [6, 6.07) is 3.88. The van der Waals surface area contributed by atoms with Crippen molar-refractivity contribution in [2.24, 2.45) is 0 Å². The van der Waals surface area contributed by atoms with Gasteiger partial charge in [0.05, 0.1) is 5.02 Å². The Labute approximate surface area is 106 Å². The summed E-state index contributed by atoms with van der Waals surface area (Å²) >= 11 is 5.84. The first-order valence-corrected chi connectivity index (χ1v) is 6.73. The molecule has 1 aromatic carbocycles. The van der Waals surface area contributed by atoms with Gasteiger partial charge in [-0.15, -0.1) is 12.3 Å². The molecule has 0 radical (unpaired) electrons. The number of benzene rings is 1. The van der Waals surface area contributed by atoms with Crippen LogP contribution in [0.2, 0.25) is 5.02 Å². The van der Waals surface area contributed by atoms with E-state index in [-0.39, 0.29) is 16.0 Å². The maximum absolute atomic E-state index is 11.9. The summed E-state index contributed by atoms with van der Waals surface area (Å²) in [5.74, 6) is 2.39. The summed E-state index contributed by atoms with van der Waals surface area (Å²) in [5, 5.41) is 0.0883. The van der Waals surface area contributed by atoms with Gasteiger partial charge in [0.15, 0.2) is 0 Å². The Morgan fingerprint density at radius 2 is 2.24 bits per heavy atom. The first kappa shape index (κ1) is 13.8. The summed E-state index contributed by atoms with van der Waals surface area (Å²) in [5.41, 5.74) is 5.90. The lowest BCUT2D eigenvalue weighted by atomic mass is 10.3. The molecular formula is C11H13ClN2O2S. The smallest absolute Gasteiger partial charge is 0.242 e. The van der Waals surface area contributed by atoms with Gasteiger partial charge in [-0.1, -0.05) is 11.6 Å². The molecule has 0 saturated carbocycles. The van der Waals surface area contributed by atoms with E-state index in [0.717, 1.165) is 0 Å². The van der Waals surface area contributed by atoms with E-state index >= 15 is 0 Å². The van der Waals surface area contributed by atoms with Gasteiger partial charge in [-0.05, 0) is 25.1 Å². The molecule has 0 spiro atoms. The van der Waals surface area contributed by atoms with Crippen molar-refractivity contribution < 1.29 is 8.42 Å². The van der Waals surface area contributed by atoms with Gasteiger partial charge >= 0.3 is 0 Å². The third-order valence-electron chi connectivity index (χ3n) is 2.03. The molecule has 1 rings (SSSR count). The van der Waals surface area contributed by atoms with Crippen LogP contribution in [0.5, 0.6) is 0 Å². The predicted molar refractivity (Wildman–Crippen MR) is 69.1 cm³/mol. The van der Waals surface area contributed by atoms with Crippen molar-refractivity contribution in [1.82, 2.24) is 4.72 Å². The minimum absolute atomic E-state index is 0.00256. The van der Waals surface area contributed by atoms with Gasteiger partial charge < -0.3 is 5.73 Å². The maximum atomic E-state index is 11.9. The second-order valence-corrected chi connectivity index (χ2v) is 5.71. The van der Waals surface area contributed by atoms with Crippen LogP contribution in [-0.2, 0) is 10.0 Å². The molecule has 0 aliphatic rings. The van der Waals surface area contributed by atoms with Gasteiger partial charge in [0.2, 0.25) is 10.0 Å². The fraction of sp³-hybridized carbons (Fsp3) is 0.273. The number of nitrogen functional groups attached to an aromatic ring is 1. The fourth-order valence-corrected chi connectivity index (χ4v) is 3.08. The molecule has 3 N–H and O–H groups in total. The molecule has 1 aromatic rings. The Balaban J connectivity index is 3.02. The summed E-state index contributed by atoms with van der Waals surface area (Å²) in [4.78, 5) is -0.00256. The molecule has 0 aromatic heterocycles. The lowest BCUT2D eigenvalue weighted by Crippen LogP contribution is -2.32. The Hall–Kier alpha value is -1.22. The number of nitrogens with one attached hydrogen (secondary N) is 1. The summed E-state index contributed by atoms with van der Waals surface area (Å²) in [7, 11) is -3.66. The topological polar surface area (TPSA) is 72.2 Å². The van der Waals surface area contributed by atoms with Gasteiger partial charge in [0, 0.05) is 18.2 Å². The standard InChI is InChI=1S/C11H13ClN2O2S/c1-3-4-8(2)14-17(15,16)11-6-5-9(13)7-10(11)12/h1,5-8,14H,4,13H2,2H3. The fourth-order valence-electron chi connectivity index (χ4n) is 1.28. The number of rotatable bonds is 4. The molecule has 1 atom stereocenters. The summed E-state index contributed by atoms with van der Waals surface area (Å²) < 4.78 is 26.3. The zero-order valence-electron chi connectivity index (χ0n) is 9.27. The number of nitrogens with two attached hydrogens (primary N) is 1. The predicted octanol–water partition coefficient (Wildman–Crippen LogP) is 1.61. The van der Waals surface area contributed by atoms with Gasteiger partial charge in [0.25, 0.3) is 0 Å². The SMILES string of the molecule is C#CCC(C)NS(=O)(=O)c1ccc(N)cc1Cl. The lowest BCUT2D eigenvalue weighted by Gasteiger charge is -2.12. The van der Waals surface area contributed by atoms with Crippen LogP contribution in [0, 0.1) is 12.3 Å². The van der Waals surface area contributed by atoms with Crippen LogP contribution in [0.4, 0.5) is 5.69 Å². The van der Waals surface area contributed by atoms with Crippen molar-refractivity contribution in [3.63, 3.8) is 0 Å². The molecule has 0 heterocycles. The highest BCUT2D eigenvalue weighted by atomic mass is 35.5. The summed E-state index contributed by atoms with van der Waals surface area (Å²) in [6.07, 6.45) is 5.42. The monoisotopic (exact) mass is 272 g/mol. The zero-order chi connectivity index (χ0) is 13.1. The number of terminal acetylenes is 1. The number of anilines is 1. The highest BCUT2D eigenvalue weighted by Gasteiger charge is 2.19. The Morgan fingerprint density at radius 3 is 2.76 bits per heavy atom. The van der Waals surface area contributed by atoms with E-state index in [4.69, 9.17) is 23.8 Å². The van der Waals surface area contributed by atoms with Gasteiger partial charge in [-0.3, -0.25) is 0 Å². The first-order valence-electron chi connectivity index (χ1n) is 4.87. The van der Waals surface area contributed by atoms with Crippen molar-refractivity contribution in [2.75, 3.05) is 5.73 Å². The number of sulfonamides is 1. The van der Waals surface area contributed by atoms with E-state index in [1.165, 1.54) is 18.2 Å². The molecule has 0 amide bonds. The first-order chi connectivity index (χ1) is 7.86. The van der Waals surface area contributed by atoms with Crippen LogP contribution < -0.4 is 10.5 Å². The second kappa shape index (κ2) is 5.41. The molecular weight excluding hydrogens is 260 g/mol. The normalized spacial score (nSPS) is 13.0. The van der Waals surface area contributed by atoms with Crippen LogP contribution in [0.1, 0.15) is 13.3 Å². The molecule has 0 aliphatic heterocycles. The Morgan fingerprint density at radius 1 is 1.59 bits per heavy atom. The van der Waals surface area contributed by atoms with Crippen molar-refractivity contribution in [1.29, 1.82) is 0 Å². The minimum Gasteiger partial charge on any atom is -0.399 e. The summed E-state index contributed by atoms with van der Waals surface area (Å²) in [6.45, 7) is 1.68. The third-order valence-corrected chi connectivity index (χ3v) is 4.10. The van der Waals surface area contributed by atoms with Crippen LogP contribution in [0.15, 0.2) is 23.1 Å². The molecule has 0 aliphatic carbocycles. The van der Waals surface area contributed by atoms with Gasteiger partial charge in [-0.2, -0.15) is 0 Å². The zero-order valence-corrected chi connectivity index (χ0v) is 10.8. The molecule has 6 heteroatoms. The van der Waals surface area contributed by atoms with Gasteiger partial charge in [-0.25, -0.2) is 13.1 Å². The van der Waals surface area contributed by atoms with Crippen LogP contribution in [0.25, 0.3) is 0 Å². The van der Waals surface area contributed by atoms with E-state index in [1.807, 2.05) is 0 Å².